The highest BCUT2D eigenvalue weighted by Crippen LogP contribution is 2.40. The van der Waals surface area contributed by atoms with E-state index >= 15 is 0 Å². The number of anilines is 1. The first kappa shape index (κ1) is 14.4. The molecule has 1 saturated carbocycles. The predicted octanol–water partition coefficient (Wildman–Crippen LogP) is 2.98. The van der Waals surface area contributed by atoms with Crippen LogP contribution in [0.2, 0.25) is 0 Å². The van der Waals surface area contributed by atoms with Crippen LogP contribution in [0.5, 0.6) is 0 Å². The number of nitrogen functional groups attached to an aromatic ring is 1. The Kier molecular flexibility index (Phi) is 3.81. The topological polar surface area (TPSA) is 63.4 Å². The molecule has 1 aliphatic carbocycles. The summed E-state index contributed by atoms with van der Waals surface area (Å²) in [6, 6.07) is 5.20. The second-order valence-corrected chi connectivity index (χ2v) is 8.47. The van der Waals surface area contributed by atoms with Gasteiger partial charge in [0.1, 0.15) is 4.90 Å². The van der Waals surface area contributed by atoms with E-state index in [4.69, 9.17) is 5.73 Å². The summed E-state index contributed by atoms with van der Waals surface area (Å²) in [5.74, 6) is 0.534. The van der Waals surface area contributed by atoms with Crippen molar-refractivity contribution in [3.63, 3.8) is 0 Å². The zero-order valence-corrected chi connectivity index (χ0v) is 13.7. The minimum Gasteiger partial charge on any atom is -0.398 e. The molecule has 0 bridgehead atoms. The van der Waals surface area contributed by atoms with E-state index < -0.39 is 10.0 Å². The van der Waals surface area contributed by atoms with E-state index in [1.807, 2.05) is 0 Å². The van der Waals surface area contributed by atoms with Crippen LogP contribution in [0.4, 0.5) is 5.69 Å². The van der Waals surface area contributed by atoms with Crippen LogP contribution in [0.25, 0.3) is 0 Å². The molecule has 0 spiro atoms. The minimum absolute atomic E-state index is 0.173. The monoisotopic (exact) mass is 358 g/mol. The lowest BCUT2D eigenvalue weighted by Crippen LogP contribution is -2.39. The summed E-state index contributed by atoms with van der Waals surface area (Å²) in [5, 5.41) is 0. The largest absolute Gasteiger partial charge is 0.398 e. The van der Waals surface area contributed by atoms with Gasteiger partial charge in [-0.3, -0.25) is 0 Å². The van der Waals surface area contributed by atoms with Crippen molar-refractivity contribution in [3.05, 3.63) is 22.7 Å². The van der Waals surface area contributed by atoms with Crippen molar-refractivity contribution in [2.45, 2.75) is 43.0 Å². The number of nitrogens with zero attached hydrogens (tertiary/aromatic N) is 1. The van der Waals surface area contributed by atoms with Gasteiger partial charge in [-0.2, -0.15) is 4.31 Å². The molecule has 2 fully saturated rings. The quantitative estimate of drug-likeness (QED) is 0.826. The molecule has 3 rings (SSSR count). The van der Waals surface area contributed by atoms with Gasteiger partial charge in [-0.15, -0.1) is 0 Å². The number of hydrogen-bond acceptors (Lipinski definition) is 3. The van der Waals surface area contributed by atoms with Gasteiger partial charge in [-0.05, 0) is 43.4 Å². The number of sulfonamides is 1. The highest BCUT2D eigenvalue weighted by Gasteiger charge is 2.42. The molecule has 1 aliphatic heterocycles. The van der Waals surface area contributed by atoms with Gasteiger partial charge in [0.2, 0.25) is 10.0 Å². The molecular formula is C14H19BrN2O2S. The van der Waals surface area contributed by atoms with E-state index in [9.17, 15) is 8.42 Å². The zero-order valence-electron chi connectivity index (χ0n) is 11.3. The first-order valence-electron chi connectivity index (χ1n) is 7.07. The molecule has 0 amide bonds. The lowest BCUT2D eigenvalue weighted by Gasteiger charge is -2.31. The highest BCUT2D eigenvalue weighted by atomic mass is 79.9. The predicted molar refractivity (Wildman–Crippen MR) is 82.8 cm³/mol. The molecule has 1 aromatic carbocycles. The summed E-state index contributed by atoms with van der Waals surface area (Å²) >= 11 is 3.33. The average Bonchev–Trinajstić information content (AvgIpc) is 2.86. The summed E-state index contributed by atoms with van der Waals surface area (Å²) in [6.45, 7) is 0.629. The molecule has 0 radical (unpaired) electrons. The van der Waals surface area contributed by atoms with E-state index in [1.165, 1.54) is 6.42 Å². The molecule has 20 heavy (non-hydrogen) atoms. The van der Waals surface area contributed by atoms with E-state index in [0.29, 0.717) is 18.2 Å². The third kappa shape index (κ3) is 2.38. The summed E-state index contributed by atoms with van der Waals surface area (Å²) < 4.78 is 28.2. The molecule has 1 heterocycles. The molecule has 2 unspecified atom stereocenters. The number of halogens is 1. The lowest BCUT2D eigenvalue weighted by molar-refractivity contribution is 0.260. The smallest absolute Gasteiger partial charge is 0.245 e. The van der Waals surface area contributed by atoms with Crippen LogP contribution in [-0.4, -0.2) is 25.3 Å². The highest BCUT2D eigenvalue weighted by molar-refractivity contribution is 9.10. The molecule has 2 N–H and O–H groups in total. The van der Waals surface area contributed by atoms with Gasteiger partial charge in [0.25, 0.3) is 0 Å². The van der Waals surface area contributed by atoms with Crippen molar-refractivity contribution in [1.29, 1.82) is 0 Å². The van der Waals surface area contributed by atoms with Gasteiger partial charge >= 0.3 is 0 Å². The van der Waals surface area contributed by atoms with E-state index in [2.05, 4.69) is 15.9 Å². The molecule has 2 atom stereocenters. The summed E-state index contributed by atoms with van der Waals surface area (Å²) in [6.07, 6.45) is 5.48. The van der Waals surface area contributed by atoms with Gasteiger partial charge in [0, 0.05) is 17.1 Å². The standard InChI is InChI=1S/C14H19BrN2O2S/c15-11-5-6-12(16)14(9-11)20(18,19)17-8-7-10-3-1-2-4-13(10)17/h5-6,9-10,13H,1-4,7-8,16H2. The molecule has 110 valence electrons. The summed E-state index contributed by atoms with van der Waals surface area (Å²) in [4.78, 5) is 0.234. The number of benzene rings is 1. The molecule has 1 saturated heterocycles. The van der Waals surface area contributed by atoms with Gasteiger partial charge in [0.15, 0.2) is 0 Å². The maximum Gasteiger partial charge on any atom is 0.245 e. The van der Waals surface area contributed by atoms with Crippen LogP contribution in [0, 0.1) is 5.92 Å². The molecule has 6 heteroatoms. The Morgan fingerprint density at radius 1 is 1.20 bits per heavy atom. The summed E-state index contributed by atoms with van der Waals surface area (Å²) in [5.41, 5.74) is 6.21. The maximum absolute atomic E-state index is 12.9. The van der Waals surface area contributed by atoms with E-state index in [-0.39, 0.29) is 10.9 Å². The van der Waals surface area contributed by atoms with Gasteiger partial charge in [-0.25, -0.2) is 8.42 Å². The number of rotatable bonds is 2. The average molecular weight is 359 g/mol. The van der Waals surface area contributed by atoms with Gasteiger partial charge in [-0.1, -0.05) is 28.8 Å². The SMILES string of the molecule is Nc1ccc(Br)cc1S(=O)(=O)N1CCC2CCCCC21. The second-order valence-electron chi connectivity index (χ2n) is 5.70. The Hall–Kier alpha value is -0.590. The Morgan fingerprint density at radius 2 is 1.95 bits per heavy atom. The van der Waals surface area contributed by atoms with Crippen LogP contribution in [0.3, 0.4) is 0 Å². The number of nitrogens with two attached hydrogens (primary N) is 1. The van der Waals surface area contributed by atoms with Crippen LogP contribution in [0.15, 0.2) is 27.6 Å². The third-order valence-corrected chi connectivity index (χ3v) is 6.99. The normalized spacial score (nSPS) is 27.4. The number of hydrogen-bond donors (Lipinski definition) is 1. The fourth-order valence-electron chi connectivity index (χ4n) is 3.52. The lowest BCUT2D eigenvalue weighted by atomic mass is 9.86. The maximum atomic E-state index is 12.9. The van der Waals surface area contributed by atoms with Gasteiger partial charge in [0.05, 0.1) is 5.69 Å². The van der Waals surface area contributed by atoms with E-state index in [1.54, 1.807) is 22.5 Å². The molecule has 2 aliphatic rings. The molecule has 1 aromatic rings. The number of fused-ring (bicyclic) bond motifs is 1. The van der Waals surface area contributed by atoms with Crippen LogP contribution in [-0.2, 0) is 10.0 Å². The van der Waals surface area contributed by atoms with Crippen molar-refractivity contribution in [2.75, 3.05) is 12.3 Å². The molecule has 0 aromatic heterocycles. The Morgan fingerprint density at radius 3 is 2.75 bits per heavy atom. The minimum atomic E-state index is -3.48. The van der Waals surface area contributed by atoms with Crippen molar-refractivity contribution < 1.29 is 8.42 Å². The zero-order chi connectivity index (χ0) is 14.3. The van der Waals surface area contributed by atoms with Gasteiger partial charge < -0.3 is 5.73 Å². The fourth-order valence-corrected chi connectivity index (χ4v) is 5.91. The molecular weight excluding hydrogens is 340 g/mol. The van der Waals surface area contributed by atoms with Crippen LogP contribution in [0.1, 0.15) is 32.1 Å². The summed E-state index contributed by atoms with van der Waals surface area (Å²) in [7, 11) is -3.48. The van der Waals surface area contributed by atoms with Crippen molar-refractivity contribution >= 4 is 31.6 Å². The Labute approximate surface area is 128 Å². The third-order valence-electron chi connectivity index (χ3n) is 4.52. The van der Waals surface area contributed by atoms with Crippen molar-refractivity contribution in [1.82, 2.24) is 4.31 Å². The molecule has 4 nitrogen and oxygen atoms in total. The Balaban J connectivity index is 1.97. The first-order valence-corrected chi connectivity index (χ1v) is 9.30. The van der Waals surface area contributed by atoms with Crippen LogP contribution < -0.4 is 5.73 Å². The van der Waals surface area contributed by atoms with Crippen molar-refractivity contribution in [3.8, 4) is 0 Å². The fraction of sp³-hybridized carbons (Fsp3) is 0.571. The Bertz CT molecular complexity index is 618. The van der Waals surface area contributed by atoms with Crippen LogP contribution >= 0.6 is 15.9 Å². The van der Waals surface area contributed by atoms with E-state index in [0.717, 1.165) is 30.2 Å². The van der Waals surface area contributed by atoms with Crippen molar-refractivity contribution in [2.24, 2.45) is 5.92 Å². The first-order chi connectivity index (χ1) is 9.50. The second kappa shape index (κ2) is 5.31.